The molecule has 2 amide bonds. The summed E-state index contributed by atoms with van der Waals surface area (Å²) in [4.78, 5) is 39.6. The average molecular weight is 567 g/mol. The van der Waals surface area contributed by atoms with Crippen LogP contribution in [0.2, 0.25) is 0 Å². The van der Waals surface area contributed by atoms with Crippen LogP contribution in [0.1, 0.15) is 29.2 Å². The van der Waals surface area contributed by atoms with Gasteiger partial charge >= 0.3 is 0 Å². The van der Waals surface area contributed by atoms with Gasteiger partial charge in [0.05, 0.1) is 16.9 Å². The number of hydrogen-bond acceptors (Lipinski definition) is 6. The third kappa shape index (κ3) is 7.89. The van der Waals surface area contributed by atoms with E-state index in [1.165, 1.54) is 17.0 Å². The van der Waals surface area contributed by atoms with E-state index in [4.69, 9.17) is 0 Å². The summed E-state index contributed by atoms with van der Waals surface area (Å²) in [6, 6.07) is 19.7. The van der Waals surface area contributed by atoms with E-state index in [2.05, 4.69) is 5.32 Å². The van der Waals surface area contributed by atoms with Gasteiger partial charge in [-0.25, -0.2) is 8.42 Å². The van der Waals surface area contributed by atoms with Crippen LogP contribution in [0.3, 0.4) is 0 Å². The number of benzene rings is 3. The summed E-state index contributed by atoms with van der Waals surface area (Å²) >= 11 is 0. The zero-order chi connectivity index (χ0) is 29.4. The molecule has 1 N–H and O–H groups in total. The molecular formula is C29H34N4O6S. The summed E-state index contributed by atoms with van der Waals surface area (Å²) in [7, 11) is -4.04. The fourth-order valence-corrected chi connectivity index (χ4v) is 5.33. The van der Waals surface area contributed by atoms with Gasteiger partial charge in [0.2, 0.25) is 21.8 Å². The second-order valence-electron chi connectivity index (χ2n) is 9.61. The smallest absolute Gasteiger partial charge is 0.271 e. The summed E-state index contributed by atoms with van der Waals surface area (Å²) in [6.07, 6.45) is 1.15. The van der Waals surface area contributed by atoms with Gasteiger partial charge in [0.15, 0.2) is 0 Å². The molecular weight excluding hydrogens is 532 g/mol. The fraction of sp³-hybridized carbons (Fsp3) is 0.310. The molecule has 0 aliphatic carbocycles. The SMILES string of the molecule is CCNC(=O)C(Cc1ccccc1)N(Cc1cccc(C)c1)C(=O)CN(c1cc([N+](=O)[O-])ccc1C)S(C)(=O)=O. The van der Waals surface area contributed by atoms with Crippen LogP contribution in [-0.4, -0.2) is 55.4 Å². The minimum absolute atomic E-state index is 0.0261. The van der Waals surface area contributed by atoms with E-state index in [9.17, 15) is 28.1 Å². The topological polar surface area (TPSA) is 130 Å². The molecule has 0 spiro atoms. The predicted octanol–water partition coefficient (Wildman–Crippen LogP) is 3.75. The lowest BCUT2D eigenvalue weighted by Gasteiger charge is -2.33. The molecule has 3 aromatic rings. The van der Waals surface area contributed by atoms with Crippen molar-refractivity contribution in [2.75, 3.05) is 23.7 Å². The molecule has 0 saturated carbocycles. The van der Waals surface area contributed by atoms with Crippen molar-refractivity contribution in [2.24, 2.45) is 0 Å². The Bertz CT molecular complexity index is 1480. The Balaban J connectivity index is 2.09. The molecule has 0 radical (unpaired) electrons. The Morgan fingerprint density at radius 2 is 1.65 bits per heavy atom. The van der Waals surface area contributed by atoms with Gasteiger partial charge in [0.1, 0.15) is 12.6 Å². The quantitative estimate of drug-likeness (QED) is 0.263. The highest BCUT2D eigenvalue weighted by atomic mass is 32.2. The van der Waals surface area contributed by atoms with Crippen molar-refractivity contribution in [2.45, 2.75) is 39.8 Å². The highest BCUT2D eigenvalue weighted by Crippen LogP contribution is 2.28. The van der Waals surface area contributed by atoms with Crippen LogP contribution in [0, 0.1) is 24.0 Å². The van der Waals surface area contributed by atoms with Crippen LogP contribution in [-0.2, 0) is 32.6 Å². The number of anilines is 1. The number of sulfonamides is 1. The van der Waals surface area contributed by atoms with Gasteiger partial charge < -0.3 is 10.2 Å². The van der Waals surface area contributed by atoms with Crippen molar-refractivity contribution in [3.8, 4) is 0 Å². The maximum absolute atomic E-state index is 14.0. The van der Waals surface area contributed by atoms with Gasteiger partial charge in [-0.2, -0.15) is 0 Å². The van der Waals surface area contributed by atoms with Crippen molar-refractivity contribution >= 4 is 33.2 Å². The van der Waals surface area contributed by atoms with Crippen LogP contribution in [0.25, 0.3) is 0 Å². The molecule has 10 nitrogen and oxygen atoms in total. The zero-order valence-corrected chi connectivity index (χ0v) is 23.8. The van der Waals surface area contributed by atoms with Gasteiger partial charge in [-0.05, 0) is 37.5 Å². The van der Waals surface area contributed by atoms with Crippen molar-refractivity contribution in [1.82, 2.24) is 10.2 Å². The molecule has 0 aliphatic heterocycles. The lowest BCUT2D eigenvalue weighted by molar-refractivity contribution is -0.384. The molecule has 0 saturated heterocycles. The Labute approximate surface area is 234 Å². The van der Waals surface area contributed by atoms with E-state index in [1.54, 1.807) is 13.8 Å². The number of nitrogens with one attached hydrogen (secondary N) is 1. The monoisotopic (exact) mass is 566 g/mol. The summed E-state index contributed by atoms with van der Waals surface area (Å²) in [6.45, 7) is 5.06. The highest BCUT2D eigenvalue weighted by Gasteiger charge is 2.33. The number of carbonyl (C=O) groups excluding carboxylic acids is 2. The Kier molecular flexibility index (Phi) is 10.0. The fourth-order valence-electron chi connectivity index (χ4n) is 4.43. The average Bonchev–Trinajstić information content (AvgIpc) is 2.89. The standard InChI is InChI=1S/C29H34N4O6S/c1-5-30-29(35)27(17-23-11-7-6-8-12-23)31(19-24-13-9-10-21(2)16-24)28(34)20-32(40(4,38)39)26-18-25(33(36)37)15-14-22(26)3/h6-16,18,27H,5,17,19-20H2,1-4H3,(H,30,35). The molecule has 0 aliphatic rings. The number of aryl methyl sites for hydroxylation is 2. The summed E-state index contributed by atoms with van der Waals surface area (Å²) in [5.41, 5.74) is 2.73. The van der Waals surface area contributed by atoms with Gasteiger partial charge in [-0.1, -0.05) is 66.2 Å². The number of amides is 2. The van der Waals surface area contributed by atoms with E-state index >= 15 is 0 Å². The van der Waals surface area contributed by atoms with E-state index in [-0.39, 0.29) is 30.2 Å². The van der Waals surface area contributed by atoms with E-state index in [0.29, 0.717) is 12.1 Å². The van der Waals surface area contributed by atoms with E-state index in [1.807, 2.05) is 61.5 Å². The molecule has 40 heavy (non-hydrogen) atoms. The lowest BCUT2D eigenvalue weighted by Crippen LogP contribution is -2.53. The number of hydrogen-bond donors (Lipinski definition) is 1. The molecule has 0 aromatic heterocycles. The molecule has 0 bridgehead atoms. The van der Waals surface area contributed by atoms with Crippen molar-refractivity contribution in [3.63, 3.8) is 0 Å². The number of nitro benzene ring substituents is 1. The van der Waals surface area contributed by atoms with E-state index in [0.717, 1.165) is 33.3 Å². The second kappa shape index (κ2) is 13.2. The molecule has 0 heterocycles. The maximum Gasteiger partial charge on any atom is 0.271 e. The predicted molar refractivity (Wildman–Crippen MR) is 154 cm³/mol. The molecule has 11 heteroatoms. The number of rotatable bonds is 12. The van der Waals surface area contributed by atoms with Crippen LogP contribution in [0.5, 0.6) is 0 Å². The van der Waals surface area contributed by atoms with Crippen molar-refractivity contribution < 1.29 is 22.9 Å². The first-order chi connectivity index (χ1) is 18.9. The third-order valence-electron chi connectivity index (χ3n) is 6.41. The van der Waals surface area contributed by atoms with Gasteiger partial charge in [-0.3, -0.25) is 24.0 Å². The molecule has 212 valence electrons. The lowest BCUT2D eigenvalue weighted by atomic mass is 10.0. The summed E-state index contributed by atoms with van der Waals surface area (Å²) in [5, 5.41) is 14.2. The zero-order valence-electron chi connectivity index (χ0n) is 23.0. The number of nitro groups is 1. The second-order valence-corrected chi connectivity index (χ2v) is 11.5. The number of likely N-dealkylation sites (N-methyl/N-ethyl adjacent to an activating group) is 1. The molecule has 3 aromatic carbocycles. The van der Waals surface area contributed by atoms with Crippen LogP contribution in [0.15, 0.2) is 72.8 Å². The first-order valence-electron chi connectivity index (χ1n) is 12.8. The number of carbonyl (C=O) groups is 2. The van der Waals surface area contributed by atoms with Crippen LogP contribution < -0.4 is 9.62 Å². The van der Waals surface area contributed by atoms with Gasteiger partial charge in [-0.15, -0.1) is 0 Å². The minimum Gasteiger partial charge on any atom is -0.355 e. The third-order valence-corrected chi connectivity index (χ3v) is 7.54. The van der Waals surface area contributed by atoms with Gasteiger partial charge in [0.25, 0.3) is 5.69 Å². The number of non-ortho nitro benzene ring substituents is 1. The maximum atomic E-state index is 14.0. The molecule has 1 atom stereocenters. The van der Waals surface area contributed by atoms with Crippen LogP contribution in [0.4, 0.5) is 11.4 Å². The summed E-state index contributed by atoms with van der Waals surface area (Å²) in [5.74, 6) is -0.991. The van der Waals surface area contributed by atoms with E-state index < -0.39 is 33.4 Å². The first kappa shape index (κ1) is 30.3. The largest absolute Gasteiger partial charge is 0.355 e. The van der Waals surface area contributed by atoms with Crippen LogP contribution >= 0.6 is 0 Å². The first-order valence-corrected chi connectivity index (χ1v) is 14.6. The Hall–Kier alpha value is -4.25. The Morgan fingerprint density at radius 3 is 2.25 bits per heavy atom. The normalized spacial score (nSPS) is 11.9. The highest BCUT2D eigenvalue weighted by molar-refractivity contribution is 7.92. The van der Waals surface area contributed by atoms with Crippen molar-refractivity contribution in [1.29, 1.82) is 0 Å². The molecule has 1 unspecified atom stereocenters. The Morgan fingerprint density at radius 1 is 0.975 bits per heavy atom. The minimum atomic E-state index is -4.04. The number of nitrogens with zero attached hydrogens (tertiary/aromatic N) is 3. The van der Waals surface area contributed by atoms with Crippen molar-refractivity contribution in [3.05, 3.63) is 105 Å². The van der Waals surface area contributed by atoms with Gasteiger partial charge in [0, 0.05) is 31.6 Å². The molecule has 3 rings (SSSR count). The molecule has 0 fully saturated rings. The summed E-state index contributed by atoms with van der Waals surface area (Å²) < 4.78 is 26.7.